The van der Waals surface area contributed by atoms with Crippen LogP contribution in [0.15, 0.2) is 66.7 Å². The van der Waals surface area contributed by atoms with Crippen LogP contribution in [0.25, 0.3) is 0 Å². The van der Waals surface area contributed by atoms with Crippen molar-refractivity contribution in [3.63, 3.8) is 0 Å². The number of para-hydroxylation sites is 4. The Morgan fingerprint density at radius 3 is 1.86 bits per heavy atom. The lowest BCUT2D eigenvalue weighted by atomic mass is 10.1. The van der Waals surface area contributed by atoms with E-state index in [9.17, 15) is 8.78 Å². The zero-order valence-electron chi connectivity index (χ0n) is 15.9. The molecule has 1 saturated heterocycles. The fraction of sp³-hybridized carbons (Fsp3) is 0.217. The molecule has 1 fully saturated rings. The number of piperazine rings is 1. The molecule has 0 unspecified atom stereocenters. The van der Waals surface area contributed by atoms with E-state index in [2.05, 4.69) is 21.9 Å². The summed E-state index contributed by atoms with van der Waals surface area (Å²) in [7, 11) is 0. The SMILES string of the molecule is Fc1cc(F)cc(N2CCN(CN3c4ccccc4Oc4ccccc43)CC2)c1. The predicted molar refractivity (Wildman–Crippen MR) is 110 cm³/mol. The number of nitrogens with zero attached hydrogens (tertiary/aromatic N) is 3. The van der Waals surface area contributed by atoms with E-state index >= 15 is 0 Å². The molecule has 0 saturated carbocycles. The smallest absolute Gasteiger partial charge is 0.151 e. The van der Waals surface area contributed by atoms with Crippen LogP contribution in [-0.2, 0) is 0 Å². The van der Waals surface area contributed by atoms with Crippen molar-refractivity contribution in [2.45, 2.75) is 0 Å². The fourth-order valence-electron chi connectivity index (χ4n) is 4.00. The van der Waals surface area contributed by atoms with Gasteiger partial charge < -0.3 is 14.5 Å². The van der Waals surface area contributed by atoms with Gasteiger partial charge in [0.05, 0.1) is 18.0 Å². The Labute approximate surface area is 168 Å². The first-order valence-electron chi connectivity index (χ1n) is 9.74. The standard InChI is InChI=1S/C23H21F2N3O/c24-17-13-18(25)15-19(14-17)27-11-9-26(10-12-27)16-28-20-5-1-3-7-22(20)29-23-8-4-2-6-21(23)28/h1-8,13-15H,9-12,16H2. The lowest BCUT2D eigenvalue weighted by Gasteiger charge is -2.40. The summed E-state index contributed by atoms with van der Waals surface area (Å²) in [5.41, 5.74) is 2.69. The van der Waals surface area contributed by atoms with Gasteiger partial charge in [-0.05, 0) is 36.4 Å². The van der Waals surface area contributed by atoms with Gasteiger partial charge in [-0.2, -0.15) is 0 Å². The second-order valence-corrected chi connectivity index (χ2v) is 7.34. The van der Waals surface area contributed by atoms with Crippen LogP contribution in [0.3, 0.4) is 0 Å². The number of hydrogen-bond acceptors (Lipinski definition) is 4. The van der Waals surface area contributed by atoms with Gasteiger partial charge in [-0.3, -0.25) is 4.90 Å². The maximum atomic E-state index is 13.6. The Bertz CT molecular complexity index is 968. The van der Waals surface area contributed by atoms with Crippen LogP contribution in [-0.4, -0.2) is 37.7 Å². The summed E-state index contributed by atoms with van der Waals surface area (Å²) < 4.78 is 33.2. The number of fused-ring (bicyclic) bond motifs is 2. The molecule has 0 spiro atoms. The summed E-state index contributed by atoms with van der Waals surface area (Å²) in [6, 6.07) is 19.8. The first-order chi connectivity index (χ1) is 14.2. The first-order valence-corrected chi connectivity index (χ1v) is 9.74. The summed E-state index contributed by atoms with van der Waals surface area (Å²) in [4.78, 5) is 6.65. The quantitative estimate of drug-likeness (QED) is 0.624. The molecule has 6 heteroatoms. The molecule has 2 aliphatic rings. The fourth-order valence-corrected chi connectivity index (χ4v) is 4.00. The molecule has 3 aromatic rings. The lowest BCUT2D eigenvalue weighted by Crippen LogP contribution is -2.49. The van der Waals surface area contributed by atoms with Crippen LogP contribution in [0.5, 0.6) is 11.5 Å². The van der Waals surface area contributed by atoms with Crippen molar-refractivity contribution >= 4 is 17.1 Å². The van der Waals surface area contributed by atoms with E-state index in [-0.39, 0.29) is 0 Å². The molecule has 0 bridgehead atoms. The van der Waals surface area contributed by atoms with Gasteiger partial charge in [0, 0.05) is 37.9 Å². The predicted octanol–water partition coefficient (Wildman–Crippen LogP) is 4.99. The van der Waals surface area contributed by atoms with Gasteiger partial charge in [0.2, 0.25) is 0 Å². The second kappa shape index (κ2) is 7.37. The number of halogens is 2. The monoisotopic (exact) mass is 393 g/mol. The number of ether oxygens (including phenoxy) is 1. The highest BCUT2D eigenvalue weighted by Crippen LogP contribution is 2.46. The minimum absolute atomic E-state index is 0.538. The van der Waals surface area contributed by atoms with E-state index in [0.717, 1.165) is 61.8 Å². The van der Waals surface area contributed by atoms with Gasteiger partial charge in [0.25, 0.3) is 0 Å². The third-order valence-corrected chi connectivity index (χ3v) is 5.46. The van der Waals surface area contributed by atoms with Crippen LogP contribution in [0, 0.1) is 11.6 Å². The molecule has 0 aromatic heterocycles. The molecule has 3 aromatic carbocycles. The Balaban J connectivity index is 1.33. The van der Waals surface area contributed by atoms with Crippen molar-refractivity contribution in [3.05, 3.63) is 78.4 Å². The zero-order chi connectivity index (χ0) is 19.8. The van der Waals surface area contributed by atoms with E-state index in [0.29, 0.717) is 5.69 Å². The summed E-state index contributed by atoms with van der Waals surface area (Å²) in [6.07, 6.45) is 0. The molecule has 2 aliphatic heterocycles. The van der Waals surface area contributed by atoms with Crippen LogP contribution >= 0.6 is 0 Å². The van der Waals surface area contributed by atoms with E-state index < -0.39 is 11.6 Å². The molecule has 2 heterocycles. The van der Waals surface area contributed by atoms with Crippen molar-refractivity contribution in [2.75, 3.05) is 42.6 Å². The van der Waals surface area contributed by atoms with Gasteiger partial charge in [-0.15, -0.1) is 0 Å². The van der Waals surface area contributed by atoms with Crippen molar-refractivity contribution in [1.82, 2.24) is 4.90 Å². The normalized spacial score (nSPS) is 16.2. The van der Waals surface area contributed by atoms with Gasteiger partial charge in [-0.1, -0.05) is 24.3 Å². The zero-order valence-corrected chi connectivity index (χ0v) is 15.9. The second-order valence-electron chi connectivity index (χ2n) is 7.34. The van der Waals surface area contributed by atoms with E-state index in [1.54, 1.807) is 0 Å². The molecule has 0 aliphatic carbocycles. The highest BCUT2D eigenvalue weighted by Gasteiger charge is 2.27. The summed E-state index contributed by atoms with van der Waals surface area (Å²) >= 11 is 0. The van der Waals surface area contributed by atoms with Crippen molar-refractivity contribution < 1.29 is 13.5 Å². The maximum absolute atomic E-state index is 13.6. The Kier molecular flexibility index (Phi) is 4.56. The highest BCUT2D eigenvalue weighted by molar-refractivity contribution is 5.77. The molecule has 4 nitrogen and oxygen atoms in total. The molecule has 148 valence electrons. The molecule has 5 rings (SSSR count). The average Bonchev–Trinajstić information content (AvgIpc) is 2.73. The minimum atomic E-state index is -0.538. The molecule has 0 amide bonds. The first kappa shape index (κ1) is 17.9. The maximum Gasteiger partial charge on any atom is 0.151 e. The summed E-state index contributed by atoms with van der Waals surface area (Å²) in [5, 5.41) is 0. The topological polar surface area (TPSA) is 19.0 Å². The van der Waals surface area contributed by atoms with Crippen LogP contribution < -0.4 is 14.5 Å². The van der Waals surface area contributed by atoms with Gasteiger partial charge in [0.1, 0.15) is 11.6 Å². The van der Waals surface area contributed by atoms with Crippen LogP contribution in [0.4, 0.5) is 25.8 Å². The van der Waals surface area contributed by atoms with E-state index in [4.69, 9.17) is 4.74 Å². The lowest BCUT2D eigenvalue weighted by molar-refractivity contribution is 0.261. The Hall–Kier alpha value is -3.12. The van der Waals surface area contributed by atoms with Crippen LogP contribution in [0.1, 0.15) is 0 Å². The molecule has 0 atom stereocenters. The van der Waals surface area contributed by atoms with Crippen molar-refractivity contribution in [3.8, 4) is 11.5 Å². The number of benzene rings is 3. The number of anilines is 3. The van der Waals surface area contributed by atoms with Crippen molar-refractivity contribution in [2.24, 2.45) is 0 Å². The van der Waals surface area contributed by atoms with E-state index in [1.807, 2.05) is 41.3 Å². The highest BCUT2D eigenvalue weighted by atomic mass is 19.1. The van der Waals surface area contributed by atoms with Gasteiger partial charge in [0.15, 0.2) is 11.5 Å². The molecular weight excluding hydrogens is 372 g/mol. The minimum Gasteiger partial charge on any atom is -0.453 e. The Morgan fingerprint density at radius 1 is 0.724 bits per heavy atom. The van der Waals surface area contributed by atoms with E-state index in [1.165, 1.54) is 12.1 Å². The van der Waals surface area contributed by atoms with Gasteiger partial charge in [-0.25, -0.2) is 8.78 Å². The number of hydrogen-bond donors (Lipinski definition) is 0. The molecule has 0 N–H and O–H groups in total. The Morgan fingerprint density at radius 2 is 1.28 bits per heavy atom. The third-order valence-electron chi connectivity index (χ3n) is 5.46. The van der Waals surface area contributed by atoms with Crippen LogP contribution in [0.2, 0.25) is 0 Å². The summed E-state index contributed by atoms with van der Waals surface area (Å²) in [5.74, 6) is 0.619. The largest absolute Gasteiger partial charge is 0.453 e. The third kappa shape index (κ3) is 3.51. The molecule has 0 radical (unpaired) electrons. The number of rotatable bonds is 3. The van der Waals surface area contributed by atoms with Gasteiger partial charge >= 0.3 is 0 Å². The average molecular weight is 393 g/mol. The molecule has 29 heavy (non-hydrogen) atoms. The summed E-state index contributed by atoms with van der Waals surface area (Å²) in [6.45, 7) is 3.77. The molecular formula is C23H21F2N3O. The van der Waals surface area contributed by atoms with Crippen molar-refractivity contribution in [1.29, 1.82) is 0 Å².